The number of methoxy groups -OCH3 is 1. The van der Waals surface area contributed by atoms with E-state index in [1.165, 1.54) is 0 Å². The molecule has 0 bridgehead atoms. The Morgan fingerprint density at radius 1 is 1.10 bits per heavy atom. The van der Waals surface area contributed by atoms with E-state index in [4.69, 9.17) is 19.2 Å². The predicted octanol–water partition coefficient (Wildman–Crippen LogP) is 4.87. The second-order valence-corrected chi connectivity index (χ2v) is 7.55. The number of hydrogen-bond donors (Lipinski definition) is 0. The van der Waals surface area contributed by atoms with Gasteiger partial charge >= 0.3 is 0 Å². The third-order valence-corrected chi connectivity index (χ3v) is 5.64. The Bertz CT molecular complexity index is 1380. The molecule has 156 valence electrons. The van der Waals surface area contributed by atoms with Crippen molar-refractivity contribution in [1.29, 1.82) is 0 Å². The molecule has 4 aromatic heterocycles. The van der Waals surface area contributed by atoms with Gasteiger partial charge in [0.05, 0.1) is 47.8 Å². The molecule has 0 N–H and O–H groups in total. The van der Waals surface area contributed by atoms with Gasteiger partial charge in [-0.15, -0.1) is 0 Å². The van der Waals surface area contributed by atoms with E-state index in [0.29, 0.717) is 6.54 Å². The van der Waals surface area contributed by atoms with Crippen LogP contribution >= 0.6 is 0 Å². The average Bonchev–Trinajstić information content (AvgIpc) is 3.32. The van der Waals surface area contributed by atoms with E-state index in [1.807, 2.05) is 56.6 Å². The molecule has 0 aliphatic carbocycles. The Kier molecular flexibility index (Phi) is 4.66. The van der Waals surface area contributed by atoms with Gasteiger partial charge in [-0.3, -0.25) is 9.97 Å². The van der Waals surface area contributed by atoms with E-state index < -0.39 is 0 Å². The van der Waals surface area contributed by atoms with Gasteiger partial charge in [-0.05, 0) is 38.1 Å². The zero-order chi connectivity index (χ0) is 21.5. The SMILES string of the molecule is CCc1nc2cnc3cc(-c4c(C)noc4C)c(OC)cc3c2n1Cc1ccccn1. The number of nitrogens with zero attached hydrogens (tertiary/aromatic N) is 5. The minimum absolute atomic E-state index is 0.646. The van der Waals surface area contributed by atoms with Gasteiger partial charge in [0.2, 0.25) is 0 Å². The van der Waals surface area contributed by atoms with Gasteiger partial charge in [0, 0.05) is 23.6 Å². The number of fused-ring (bicyclic) bond motifs is 3. The van der Waals surface area contributed by atoms with Crippen molar-refractivity contribution in [2.45, 2.75) is 33.7 Å². The van der Waals surface area contributed by atoms with Crippen LogP contribution in [0.15, 0.2) is 47.2 Å². The Hall–Kier alpha value is -3.74. The molecule has 0 unspecified atom stereocenters. The minimum Gasteiger partial charge on any atom is -0.496 e. The van der Waals surface area contributed by atoms with Gasteiger partial charge in [-0.25, -0.2) is 4.98 Å². The number of imidazole rings is 1. The third-order valence-electron chi connectivity index (χ3n) is 5.64. The molecule has 0 aliphatic rings. The molecule has 4 heterocycles. The Labute approximate surface area is 179 Å². The van der Waals surface area contributed by atoms with Gasteiger partial charge < -0.3 is 13.8 Å². The molecular weight excluding hydrogens is 390 g/mol. The van der Waals surface area contributed by atoms with Gasteiger partial charge in [0.1, 0.15) is 22.9 Å². The maximum absolute atomic E-state index is 5.79. The molecular formula is C24H23N5O2. The maximum Gasteiger partial charge on any atom is 0.141 e. The number of hydrogen-bond acceptors (Lipinski definition) is 6. The molecule has 5 rings (SSSR count). The molecule has 0 atom stereocenters. The smallest absolute Gasteiger partial charge is 0.141 e. The molecule has 0 radical (unpaired) electrons. The summed E-state index contributed by atoms with van der Waals surface area (Å²) in [6, 6.07) is 10.1. The van der Waals surface area contributed by atoms with E-state index >= 15 is 0 Å². The van der Waals surface area contributed by atoms with E-state index in [-0.39, 0.29) is 0 Å². The number of benzene rings is 1. The van der Waals surface area contributed by atoms with Crippen LogP contribution in [-0.4, -0.2) is 31.8 Å². The second kappa shape index (κ2) is 7.50. The average molecular weight is 413 g/mol. The molecule has 0 saturated heterocycles. The van der Waals surface area contributed by atoms with Crippen LogP contribution in [0.1, 0.15) is 29.9 Å². The Morgan fingerprint density at radius 3 is 2.65 bits per heavy atom. The molecule has 0 spiro atoms. The fraction of sp³-hybridized carbons (Fsp3) is 0.250. The fourth-order valence-electron chi connectivity index (χ4n) is 4.21. The van der Waals surface area contributed by atoms with Gasteiger partial charge in [0.15, 0.2) is 0 Å². The molecule has 0 aliphatic heterocycles. The topological polar surface area (TPSA) is 78.9 Å². The maximum atomic E-state index is 5.79. The van der Waals surface area contributed by atoms with Crippen molar-refractivity contribution in [3.05, 3.63) is 65.7 Å². The summed E-state index contributed by atoms with van der Waals surface area (Å²) in [5.41, 5.74) is 6.45. The summed E-state index contributed by atoms with van der Waals surface area (Å²) >= 11 is 0. The van der Waals surface area contributed by atoms with Crippen molar-refractivity contribution >= 4 is 21.9 Å². The number of rotatable bonds is 5. The summed E-state index contributed by atoms with van der Waals surface area (Å²) in [7, 11) is 1.68. The molecule has 7 heteroatoms. The highest BCUT2D eigenvalue weighted by molar-refractivity contribution is 6.05. The molecule has 0 amide bonds. The normalized spacial score (nSPS) is 11.5. The van der Waals surface area contributed by atoms with Crippen molar-refractivity contribution in [1.82, 2.24) is 24.7 Å². The lowest BCUT2D eigenvalue weighted by Crippen LogP contribution is -2.06. The summed E-state index contributed by atoms with van der Waals surface area (Å²) in [5.74, 6) is 2.51. The monoisotopic (exact) mass is 413 g/mol. The largest absolute Gasteiger partial charge is 0.496 e. The first-order chi connectivity index (χ1) is 15.1. The first-order valence-corrected chi connectivity index (χ1v) is 10.3. The summed E-state index contributed by atoms with van der Waals surface area (Å²) in [5, 5.41) is 5.09. The van der Waals surface area contributed by atoms with Crippen molar-refractivity contribution < 1.29 is 9.26 Å². The van der Waals surface area contributed by atoms with Crippen molar-refractivity contribution in [3.8, 4) is 16.9 Å². The summed E-state index contributed by atoms with van der Waals surface area (Å²) in [6.45, 7) is 6.60. The number of aromatic nitrogens is 5. The predicted molar refractivity (Wildman–Crippen MR) is 119 cm³/mol. The van der Waals surface area contributed by atoms with E-state index in [9.17, 15) is 0 Å². The Balaban J connectivity index is 1.79. The number of ether oxygens (including phenoxy) is 1. The standard InChI is InChI=1S/C24H23N5O2/c1-5-22-27-20-12-26-19-10-18(23-14(2)28-31-15(23)3)21(30-4)11-17(19)24(20)29(22)13-16-8-6-7-9-25-16/h6-12H,5,13H2,1-4H3. The summed E-state index contributed by atoms with van der Waals surface area (Å²) in [6.07, 6.45) is 4.48. The lowest BCUT2D eigenvalue weighted by Gasteiger charge is -2.13. The fourth-order valence-corrected chi connectivity index (χ4v) is 4.21. The lowest BCUT2D eigenvalue weighted by atomic mass is 10.0. The van der Waals surface area contributed by atoms with Crippen LogP contribution < -0.4 is 4.74 Å². The number of pyridine rings is 2. The van der Waals surface area contributed by atoms with Crippen LogP contribution in [0, 0.1) is 13.8 Å². The molecule has 5 aromatic rings. The van der Waals surface area contributed by atoms with Crippen LogP contribution in [0.2, 0.25) is 0 Å². The first kappa shape index (κ1) is 19.2. The summed E-state index contributed by atoms with van der Waals surface area (Å²) < 4.78 is 13.4. The highest BCUT2D eigenvalue weighted by Crippen LogP contribution is 2.39. The molecule has 1 aromatic carbocycles. The van der Waals surface area contributed by atoms with Gasteiger partial charge in [-0.1, -0.05) is 18.1 Å². The summed E-state index contributed by atoms with van der Waals surface area (Å²) in [4.78, 5) is 14.1. The van der Waals surface area contributed by atoms with Crippen molar-refractivity contribution in [3.63, 3.8) is 0 Å². The van der Waals surface area contributed by atoms with Crippen LogP contribution in [-0.2, 0) is 13.0 Å². The van der Waals surface area contributed by atoms with E-state index in [0.717, 1.165) is 68.2 Å². The van der Waals surface area contributed by atoms with Crippen LogP contribution in [0.25, 0.3) is 33.1 Å². The second-order valence-electron chi connectivity index (χ2n) is 7.55. The van der Waals surface area contributed by atoms with Crippen LogP contribution in [0.4, 0.5) is 0 Å². The molecule has 31 heavy (non-hydrogen) atoms. The first-order valence-electron chi connectivity index (χ1n) is 10.3. The van der Waals surface area contributed by atoms with E-state index in [1.54, 1.807) is 7.11 Å². The molecule has 0 fully saturated rings. The van der Waals surface area contributed by atoms with Crippen molar-refractivity contribution in [2.24, 2.45) is 0 Å². The van der Waals surface area contributed by atoms with Crippen LogP contribution in [0.3, 0.4) is 0 Å². The Morgan fingerprint density at radius 2 is 1.97 bits per heavy atom. The lowest BCUT2D eigenvalue weighted by molar-refractivity contribution is 0.393. The third kappa shape index (κ3) is 3.13. The zero-order valence-corrected chi connectivity index (χ0v) is 18.0. The molecule has 0 saturated carbocycles. The van der Waals surface area contributed by atoms with Crippen LogP contribution in [0.5, 0.6) is 5.75 Å². The quantitative estimate of drug-likeness (QED) is 0.409. The highest BCUT2D eigenvalue weighted by atomic mass is 16.5. The molecule has 7 nitrogen and oxygen atoms in total. The van der Waals surface area contributed by atoms with E-state index in [2.05, 4.69) is 21.6 Å². The number of aryl methyl sites for hydroxylation is 3. The van der Waals surface area contributed by atoms with Crippen molar-refractivity contribution in [2.75, 3.05) is 7.11 Å². The van der Waals surface area contributed by atoms with Gasteiger partial charge in [-0.2, -0.15) is 0 Å². The minimum atomic E-state index is 0.646. The highest BCUT2D eigenvalue weighted by Gasteiger charge is 2.20. The zero-order valence-electron chi connectivity index (χ0n) is 18.0. The van der Waals surface area contributed by atoms with Gasteiger partial charge in [0.25, 0.3) is 0 Å².